The Bertz CT molecular complexity index is 635. The van der Waals surface area contributed by atoms with E-state index in [4.69, 9.17) is 9.15 Å². The molecule has 2 N–H and O–H groups in total. The van der Waals surface area contributed by atoms with E-state index in [-0.39, 0.29) is 0 Å². The third-order valence-corrected chi connectivity index (χ3v) is 3.48. The average molecular weight is 330 g/mol. The Morgan fingerprint density at radius 3 is 2.75 bits per heavy atom. The van der Waals surface area contributed by atoms with Crippen LogP contribution in [0.5, 0.6) is 0 Å². The van der Waals surface area contributed by atoms with E-state index < -0.39 is 0 Å². The van der Waals surface area contributed by atoms with Gasteiger partial charge in [0.2, 0.25) is 5.89 Å². The third-order valence-electron chi connectivity index (χ3n) is 3.48. The molecule has 6 heteroatoms. The van der Waals surface area contributed by atoms with Crippen LogP contribution in [0.2, 0.25) is 0 Å². The Kier molecular flexibility index (Phi) is 7.29. The zero-order chi connectivity index (χ0) is 17.2. The molecule has 0 atom stereocenters. The molecule has 0 aliphatic heterocycles. The fourth-order valence-corrected chi connectivity index (χ4v) is 2.15. The van der Waals surface area contributed by atoms with Crippen LogP contribution in [0.3, 0.4) is 0 Å². The smallest absolute Gasteiger partial charge is 0.214 e. The van der Waals surface area contributed by atoms with E-state index in [0.717, 1.165) is 43.5 Å². The SMILES string of the molecule is CCOCCCNC(=NC)NCc1ncc(-c2ccc(C)cc2)o1. The van der Waals surface area contributed by atoms with Gasteiger partial charge in [-0.05, 0) is 20.3 Å². The number of hydrogen-bond donors (Lipinski definition) is 2. The lowest BCUT2D eigenvalue weighted by Crippen LogP contribution is -2.37. The molecule has 130 valence electrons. The van der Waals surface area contributed by atoms with Gasteiger partial charge in [0.05, 0.1) is 12.7 Å². The molecule has 0 bridgehead atoms. The molecule has 24 heavy (non-hydrogen) atoms. The molecule has 0 radical (unpaired) electrons. The van der Waals surface area contributed by atoms with Crippen LogP contribution < -0.4 is 10.6 Å². The summed E-state index contributed by atoms with van der Waals surface area (Å²) in [5.74, 6) is 2.12. The zero-order valence-corrected chi connectivity index (χ0v) is 14.6. The molecule has 0 unspecified atom stereocenters. The summed E-state index contributed by atoms with van der Waals surface area (Å²) in [5, 5.41) is 6.43. The standard InChI is InChI=1S/C18H26N4O2/c1-4-23-11-5-10-20-18(19-3)22-13-17-21-12-16(24-17)15-8-6-14(2)7-9-15/h6-9,12H,4-5,10-11,13H2,1-3H3,(H2,19,20,22). The number of nitrogens with zero attached hydrogens (tertiary/aromatic N) is 2. The minimum absolute atomic E-state index is 0.483. The molecule has 0 aliphatic rings. The van der Waals surface area contributed by atoms with Crippen molar-refractivity contribution < 1.29 is 9.15 Å². The van der Waals surface area contributed by atoms with Gasteiger partial charge in [0.1, 0.15) is 0 Å². The Labute approximate surface area is 143 Å². The maximum Gasteiger partial charge on any atom is 0.214 e. The van der Waals surface area contributed by atoms with Crippen LogP contribution in [-0.4, -0.2) is 37.7 Å². The normalized spacial score (nSPS) is 11.5. The highest BCUT2D eigenvalue weighted by molar-refractivity contribution is 5.79. The van der Waals surface area contributed by atoms with Crippen molar-refractivity contribution >= 4 is 5.96 Å². The quantitative estimate of drug-likeness (QED) is 0.442. The molecule has 6 nitrogen and oxygen atoms in total. The molecule has 1 aromatic heterocycles. The summed E-state index contributed by atoms with van der Waals surface area (Å²) in [6.07, 6.45) is 2.69. The maximum absolute atomic E-state index is 5.79. The number of hydrogen-bond acceptors (Lipinski definition) is 4. The Morgan fingerprint density at radius 2 is 2.04 bits per heavy atom. The number of aryl methyl sites for hydroxylation is 1. The summed E-state index contributed by atoms with van der Waals surface area (Å²) in [5.41, 5.74) is 2.25. The molecule has 0 fully saturated rings. The maximum atomic E-state index is 5.79. The minimum Gasteiger partial charge on any atom is -0.439 e. The topological polar surface area (TPSA) is 71.7 Å². The molecule has 0 saturated carbocycles. The summed E-state index contributed by atoms with van der Waals surface area (Å²) < 4.78 is 11.1. The van der Waals surface area contributed by atoms with Crippen LogP contribution in [0.25, 0.3) is 11.3 Å². The van der Waals surface area contributed by atoms with Gasteiger partial charge in [0, 0.05) is 32.4 Å². The lowest BCUT2D eigenvalue weighted by atomic mass is 10.1. The van der Waals surface area contributed by atoms with Crippen LogP contribution in [0.4, 0.5) is 0 Å². The molecule has 2 aromatic rings. The number of guanidine groups is 1. The second kappa shape index (κ2) is 9.72. The second-order valence-corrected chi connectivity index (χ2v) is 5.39. The molecule has 0 saturated heterocycles. The van der Waals surface area contributed by atoms with Gasteiger partial charge in [-0.3, -0.25) is 4.99 Å². The summed E-state index contributed by atoms with van der Waals surface area (Å²) in [7, 11) is 1.74. The largest absolute Gasteiger partial charge is 0.439 e. The first-order valence-corrected chi connectivity index (χ1v) is 8.27. The van der Waals surface area contributed by atoms with Crippen molar-refractivity contribution in [1.82, 2.24) is 15.6 Å². The van der Waals surface area contributed by atoms with Gasteiger partial charge in [0.25, 0.3) is 0 Å². The Morgan fingerprint density at radius 1 is 1.25 bits per heavy atom. The monoisotopic (exact) mass is 330 g/mol. The number of rotatable bonds is 8. The van der Waals surface area contributed by atoms with E-state index in [0.29, 0.717) is 12.4 Å². The molecule has 0 aliphatic carbocycles. The second-order valence-electron chi connectivity index (χ2n) is 5.39. The van der Waals surface area contributed by atoms with Crippen molar-refractivity contribution in [3.05, 3.63) is 41.9 Å². The molecule has 0 amide bonds. The van der Waals surface area contributed by atoms with E-state index in [2.05, 4.69) is 39.7 Å². The summed E-state index contributed by atoms with van der Waals surface area (Å²) in [6, 6.07) is 8.19. The van der Waals surface area contributed by atoms with Gasteiger partial charge < -0.3 is 19.8 Å². The van der Waals surface area contributed by atoms with Crippen molar-refractivity contribution in [1.29, 1.82) is 0 Å². The molecular formula is C18H26N4O2. The van der Waals surface area contributed by atoms with Crippen LogP contribution in [0.1, 0.15) is 24.8 Å². The molecule has 2 rings (SSSR count). The highest BCUT2D eigenvalue weighted by Gasteiger charge is 2.07. The molecule has 0 spiro atoms. The van der Waals surface area contributed by atoms with Crippen molar-refractivity contribution in [2.24, 2.45) is 4.99 Å². The number of oxazole rings is 1. The number of aromatic nitrogens is 1. The number of nitrogens with one attached hydrogen (secondary N) is 2. The lowest BCUT2D eigenvalue weighted by molar-refractivity contribution is 0.145. The first-order valence-electron chi connectivity index (χ1n) is 8.27. The van der Waals surface area contributed by atoms with Gasteiger partial charge in [-0.25, -0.2) is 4.98 Å². The third kappa shape index (κ3) is 5.70. The first-order chi connectivity index (χ1) is 11.7. The zero-order valence-electron chi connectivity index (χ0n) is 14.6. The summed E-state index contributed by atoms with van der Waals surface area (Å²) in [4.78, 5) is 8.49. The molecular weight excluding hydrogens is 304 g/mol. The van der Waals surface area contributed by atoms with E-state index in [1.165, 1.54) is 5.56 Å². The predicted octanol–water partition coefficient (Wildman–Crippen LogP) is 2.74. The van der Waals surface area contributed by atoms with Gasteiger partial charge in [-0.2, -0.15) is 0 Å². The first kappa shape index (κ1) is 18.0. The fourth-order valence-electron chi connectivity index (χ4n) is 2.15. The Balaban J connectivity index is 1.80. The number of benzene rings is 1. The number of aliphatic imine (C=N–C) groups is 1. The summed E-state index contributed by atoms with van der Waals surface area (Å²) in [6.45, 7) is 6.85. The van der Waals surface area contributed by atoms with Crippen molar-refractivity contribution in [2.75, 3.05) is 26.8 Å². The Hall–Kier alpha value is -2.34. The van der Waals surface area contributed by atoms with Crippen LogP contribution >= 0.6 is 0 Å². The average Bonchev–Trinajstić information content (AvgIpc) is 3.07. The lowest BCUT2D eigenvalue weighted by Gasteiger charge is -2.10. The molecule has 1 aromatic carbocycles. The van der Waals surface area contributed by atoms with Gasteiger partial charge in [0.15, 0.2) is 11.7 Å². The van der Waals surface area contributed by atoms with Crippen LogP contribution in [-0.2, 0) is 11.3 Å². The van der Waals surface area contributed by atoms with E-state index >= 15 is 0 Å². The van der Waals surface area contributed by atoms with Gasteiger partial charge in [-0.15, -0.1) is 0 Å². The van der Waals surface area contributed by atoms with E-state index in [1.807, 2.05) is 19.1 Å². The highest BCUT2D eigenvalue weighted by Crippen LogP contribution is 2.20. The van der Waals surface area contributed by atoms with Crippen molar-refractivity contribution in [3.8, 4) is 11.3 Å². The summed E-state index contributed by atoms with van der Waals surface area (Å²) >= 11 is 0. The van der Waals surface area contributed by atoms with Crippen LogP contribution in [0.15, 0.2) is 39.9 Å². The highest BCUT2D eigenvalue weighted by atomic mass is 16.5. The van der Waals surface area contributed by atoms with Gasteiger partial charge in [-0.1, -0.05) is 29.8 Å². The number of ether oxygens (including phenoxy) is 1. The predicted molar refractivity (Wildman–Crippen MR) is 96.0 cm³/mol. The van der Waals surface area contributed by atoms with Crippen LogP contribution in [0, 0.1) is 6.92 Å². The van der Waals surface area contributed by atoms with Gasteiger partial charge >= 0.3 is 0 Å². The molecule has 1 heterocycles. The minimum atomic E-state index is 0.483. The van der Waals surface area contributed by atoms with E-state index in [9.17, 15) is 0 Å². The van der Waals surface area contributed by atoms with Crippen molar-refractivity contribution in [3.63, 3.8) is 0 Å². The van der Waals surface area contributed by atoms with E-state index in [1.54, 1.807) is 13.2 Å². The fraction of sp³-hybridized carbons (Fsp3) is 0.444. The van der Waals surface area contributed by atoms with Crippen molar-refractivity contribution in [2.45, 2.75) is 26.8 Å².